The van der Waals surface area contributed by atoms with E-state index in [-0.39, 0.29) is 30.6 Å². The monoisotopic (exact) mass is 795 g/mol. The fraction of sp³-hybridized carbons (Fsp3) is 0.174. The summed E-state index contributed by atoms with van der Waals surface area (Å²) in [5.74, 6) is 0. The van der Waals surface area contributed by atoms with Gasteiger partial charge in [-0.3, -0.25) is 0 Å². The van der Waals surface area contributed by atoms with E-state index in [1.807, 2.05) is 41.5 Å². The Bertz CT molecular complexity index is 1530. The van der Waals surface area contributed by atoms with Gasteiger partial charge in [0.1, 0.15) is 31.8 Å². The van der Waals surface area contributed by atoms with Crippen molar-refractivity contribution in [3.05, 3.63) is 205 Å². The Balaban J connectivity index is 0.000000266. The summed E-state index contributed by atoms with van der Waals surface area (Å²) >= 11 is 0. The van der Waals surface area contributed by atoms with Gasteiger partial charge in [0.05, 0.1) is 15.8 Å². The second kappa shape index (κ2) is 22.6. The molecule has 0 spiro atoms. The third-order valence-electron chi connectivity index (χ3n) is 7.05. The average Bonchev–Trinajstić information content (AvgIpc) is 3.15. The molecule has 0 radical (unpaired) electrons. The maximum atomic E-state index is 6.48. The molecule has 0 amide bonds. The molecule has 0 bridgehead atoms. The summed E-state index contributed by atoms with van der Waals surface area (Å²) in [4.78, 5) is 6.54. The van der Waals surface area contributed by atoms with Crippen molar-refractivity contribution in [1.82, 2.24) is 0 Å². The summed E-state index contributed by atoms with van der Waals surface area (Å²) in [5, 5.41) is 8.61. The number of hydrogen-bond acceptors (Lipinski definition) is 0. The molecule has 0 aliphatic rings. The molecule has 2 nitrogen and oxygen atoms in total. The van der Waals surface area contributed by atoms with Crippen molar-refractivity contribution in [1.29, 1.82) is 0 Å². The Labute approximate surface area is 322 Å². The van der Waals surface area contributed by atoms with Crippen LogP contribution in [0.1, 0.15) is 41.5 Å². The third-order valence-corrected chi connectivity index (χ3v) is 12.5. The molecule has 258 valence electrons. The van der Waals surface area contributed by atoms with Gasteiger partial charge in [-0.1, -0.05) is 109 Å². The first kappa shape index (κ1) is 42.9. The molecule has 0 saturated heterocycles. The van der Waals surface area contributed by atoms with Gasteiger partial charge < -0.3 is 9.69 Å². The smallest absolute Gasteiger partial charge is 0.311 e. The van der Waals surface area contributed by atoms with Gasteiger partial charge in [0.2, 0.25) is 11.1 Å². The van der Waals surface area contributed by atoms with Crippen molar-refractivity contribution in [2.75, 3.05) is 0 Å². The Morgan fingerprint density at radius 3 is 0.529 bits per heavy atom. The molecule has 6 aromatic rings. The summed E-state index contributed by atoms with van der Waals surface area (Å²) in [6, 6.07) is 65.0. The van der Waals surface area contributed by atoms with Gasteiger partial charge in [-0.15, -0.1) is 0 Å². The SMILES string of the molecule is [C-]#[N+]C(C)(C)C.[C-]#[N+]C(C)(C)C.[Rh+3].c1ccc([PH+](c2ccccc2)c2ccccc2)cc1.c1ccc([PH+](c2ccccc2)c2ccccc2)cc1. The van der Waals surface area contributed by atoms with Crippen molar-refractivity contribution < 1.29 is 19.5 Å². The van der Waals surface area contributed by atoms with E-state index in [1.54, 1.807) is 0 Å². The molecular formula is C46H50N2P2Rh+5. The van der Waals surface area contributed by atoms with E-state index in [4.69, 9.17) is 13.1 Å². The van der Waals surface area contributed by atoms with Crippen LogP contribution in [0.2, 0.25) is 0 Å². The van der Waals surface area contributed by atoms with E-state index >= 15 is 0 Å². The zero-order chi connectivity index (χ0) is 36.2. The number of hydrogen-bond donors (Lipinski definition) is 0. The zero-order valence-corrected chi connectivity index (χ0v) is 34.2. The minimum absolute atomic E-state index is 0. The Morgan fingerprint density at radius 2 is 0.431 bits per heavy atom. The normalized spacial score (nSPS) is 10.3. The van der Waals surface area contributed by atoms with Crippen molar-refractivity contribution in [2.24, 2.45) is 0 Å². The van der Waals surface area contributed by atoms with Gasteiger partial charge in [-0.25, -0.2) is 13.1 Å². The Morgan fingerprint density at radius 1 is 0.314 bits per heavy atom. The first-order valence-electron chi connectivity index (χ1n) is 16.9. The summed E-state index contributed by atoms with van der Waals surface area (Å²) in [7, 11) is -1.75. The van der Waals surface area contributed by atoms with Crippen molar-refractivity contribution >= 4 is 47.7 Å². The molecule has 0 fully saturated rings. The molecule has 0 heterocycles. The molecule has 0 aromatic heterocycles. The summed E-state index contributed by atoms with van der Waals surface area (Å²) in [6.45, 7) is 24.3. The minimum Gasteiger partial charge on any atom is -0.311 e. The summed E-state index contributed by atoms with van der Waals surface area (Å²) in [6.07, 6.45) is 0. The maximum Gasteiger partial charge on any atom is 3.00 e. The summed E-state index contributed by atoms with van der Waals surface area (Å²) in [5.41, 5.74) is -0.333. The Kier molecular flexibility index (Phi) is 19.0. The van der Waals surface area contributed by atoms with E-state index in [2.05, 4.69) is 192 Å². The molecule has 6 rings (SSSR count). The van der Waals surface area contributed by atoms with Crippen LogP contribution in [0.15, 0.2) is 182 Å². The van der Waals surface area contributed by atoms with Crippen LogP contribution in [0.5, 0.6) is 0 Å². The Hall–Kier alpha value is -4.22. The van der Waals surface area contributed by atoms with Gasteiger partial charge in [0, 0.05) is 41.5 Å². The van der Waals surface area contributed by atoms with Crippen LogP contribution in [0.3, 0.4) is 0 Å². The molecule has 0 atom stereocenters. The van der Waals surface area contributed by atoms with Gasteiger partial charge in [0.25, 0.3) is 0 Å². The molecule has 0 aliphatic heterocycles. The van der Waals surface area contributed by atoms with Crippen LogP contribution in [-0.2, 0) is 19.5 Å². The molecule has 5 heteroatoms. The van der Waals surface area contributed by atoms with Gasteiger partial charge >= 0.3 is 19.5 Å². The number of rotatable bonds is 6. The predicted molar refractivity (Wildman–Crippen MR) is 226 cm³/mol. The molecule has 0 aliphatic carbocycles. The molecule has 0 saturated carbocycles. The van der Waals surface area contributed by atoms with Crippen LogP contribution >= 0.6 is 15.8 Å². The van der Waals surface area contributed by atoms with Gasteiger partial charge in [-0.2, -0.15) is 0 Å². The quantitative estimate of drug-likeness (QED) is 0.0903. The number of nitrogens with zero attached hydrogens (tertiary/aromatic N) is 2. The molecule has 0 N–H and O–H groups in total. The fourth-order valence-electron chi connectivity index (χ4n) is 4.63. The molecule has 0 unspecified atom stereocenters. The van der Waals surface area contributed by atoms with Crippen LogP contribution in [0, 0.1) is 13.1 Å². The van der Waals surface area contributed by atoms with Gasteiger partial charge in [0.15, 0.2) is 0 Å². The largest absolute Gasteiger partial charge is 3.00 e. The fourth-order valence-corrected chi connectivity index (χ4v) is 9.78. The van der Waals surface area contributed by atoms with Crippen molar-refractivity contribution in [2.45, 2.75) is 52.6 Å². The first-order chi connectivity index (χ1) is 24.0. The second-order valence-electron chi connectivity index (χ2n) is 13.5. The second-order valence-corrected chi connectivity index (χ2v) is 18.5. The average molecular weight is 796 g/mol. The van der Waals surface area contributed by atoms with E-state index in [9.17, 15) is 0 Å². The van der Waals surface area contributed by atoms with Crippen molar-refractivity contribution in [3.8, 4) is 0 Å². The van der Waals surface area contributed by atoms with Crippen LogP contribution < -0.4 is 31.8 Å². The molecule has 51 heavy (non-hydrogen) atoms. The predicted octanol–water partition coefficient (Wildman–Crippen LogP) is 9.76. The molecule has 6 aromatic carbocycles. The van der Waals surface area contributed by atoms with Crippen LogP contribution in [0.25, 0.3) is 9.69 Å². The topological polar surface area (TPSA) is 8.72 Å². The van der Waals surface area contributed by atoms with E-state index in [0.717, 1.165) is 0 Å². The minimum atomic E-state index is -0.877. The summed E-state index contributed by atoms with van der Waals surface area (Å²) < 4.78 is 0. The number of benzene rings is 6. The van der Waals surface area contributed by atoms with E-state index < -0.39 is 15.8 Å². The van der Waals surface area contributed by atoms with E-state index in [1.165, 1.54) is 31.8 Å². The van der Waals surface area contributed by atoms with Gasteiger partial charge in [-0.05, 0) is 72.8 Å². The zero-order valence-electron chi connectivity index (χ0n) is 30.5. The molecular weight excluding hydrogens is 745 g/mol. The van der Waals surface area contributed by atoms with Crippen molar-refractivity contribution in [3.63, 3.8) is 0 Å². The van der Waals surface area contributed by atoms with Crippen LogP contribution in [0.4, 0.5) is 0 Å². The van der Waals surface area contributed by atoms with E-state index in [0.29, 0.717) is 0 Å². The third kappa shape index (κ3) is 16.1. The van der Waals surface area contributed by atoms with Crippen LogP contribution in [-0.4, -0.2) is 11.1 Å². The standard InChI is InChI=1S/2C18H15P.2C5H9N.Rh/c2*1-4-10-16(11-5-1)19(17-12-6-2-7-13-17)18-14-8-3-9-15-18;2*1-5(2,3)6-4;/h2*1-15H;2*1-3H3;/q;;;;+3/p+2. The first-order valence-corrected chi connectivity index (χ1v) is 19.9. The maximum absolute atomic E-state index is 6.48.